The number of nitriles is 1. The normalized spacial score (nSPS) is 16.6. The smallest absolute Gasteiger partial charge is 0.360 e. The van der Waals surface area contributed by atoms with Gasteiger partial charge in [-0.15, -0.1) is 0 Å². The van der Waals surface area contributed by atoms with E-state index in [1.807, 2.05) is 0 Å². The second kappa shape index (κ2) is 7.39. The van der Waals surface area contributed by atoms with E-state index < -0.39 is 17.6 Å². The van der Waals surface area contributed by atoms with Crippen molar-refractivity contribution in [3.8, 4) is 6.07 Å². The topological polar surface area (TPSA) is 56.1 Å². The molecule has 1 aliphatic rings. The van der Waals surface area contributed by atoms with Crippen molar-refractivity contribution in [2.45, 2.75) is 25.9 Å². The fraction of sp³-hybridized carbons (Fsp3) is 0.412. The molecule has 2 rings (SSSR count). The van der Waals surface area contributed by atoms with Crippen molar-refractivity contribution in [1.82, 2.24) is 4.90 Å². The largest absolute Gasteiger partial charge is 0.418 e. The summed E-state index contributed by atoms with van der Waals surface area (Å²) in [5.41, 5.74) is -1.25. The molecule has 1 aromatic rings. The van der Waals surface area contributed by atoms with Gasteiger partial charge in [-0.1, -0.05) is 19.1 Å². The van der Waals surface area contributed by atoms with Crippen LogP contribution in [-0.4, -0.2) is 23.9 Å². The summed E-state index contributed by atoms with van der Waals surface area (Å²) in [6.07, 6.45) is -1.76. The summed E-state index contributed by atoms with van der Waals surface area (Å²) in [5, 5.41) is 11.6. The van der Waals surface area contributed by atoms with E-state index in [0.717, 1.165) is 25.1 Å². The summed E-state index contributed by atoms with van der Waals surface area (Å²) in [7, 11) is 0. The minimum Gasteiger partial charge on any atom is -0.360 e. The van der Waals surface area contributed by atoms with Crippen molar-refractivity contribution in [2.75, 3.05) is 18.4 Å². The highest BCUT2D eigenvalue weighted by Crippen LogP contribution is 2.34. The van der Waals surface area contributed by atoms with Gasteiger partial charge in [-0.3, -0.25) is 4.79 Å². The fourth-order valence-electron chi connectivity index (χ4n) is 2.53. The highest BCUT2D eigenvalue weighted by molar-refractivity contribution is 5.97. The van der Waals surface area contributed by atoms with Gasteiger partial charge >= 0.3 is 6.18 Å². The number of hydrogen-bond donors (Lipinski definition) is 1. The Bertz CT molecular complexity index is 668. The Labute approximate surface area is 138 Å². The number of hydrogen-bond acceptors (Lipinski definition) is 3. The fourth-order valence-corrected chi connectivity index (χ4v) is 2.53. The minimum atomic E-state index is -4.52. The highest BCUT2D eigenvalue weighted by Gasteiger charge is 2.33. The third-order valence-corrected chi connectivity index (χ3v) is 4.03. The molecule has 0 unspecified atom stereocenters. The average Bonchev–Trinajstić information content (AvgIpc) is 2.55. The minimum absolute atomic E-state index is 0.196. The first-order valence-electron chi connectivity index (χ1n) is 7.65. The van der Waals surface area contributed by atoms with E-state index in [-0.39, 0.29) is 11.3 Å². The summed E-state index contributed by atoms with van der Waals surface area (Å²) >= 11 is 0. The Balaban J connectivity index is 2.15. The van der Waals surface area contributed by atoms with Crippen molar-refractivity contribution < 1.29 is 18.0 Å². The van der Waals surface area contributed by atoms with Crippen LogP contribution in [0.25, 0.3) is 0 Å². The van der Waals surface area contributed by atoms with E-state index >= 15 is 0 Å². The SMILES string of the molecule is CC1CCN(C(=O)/C(C#N)=C\Nc2ccccc2C(F)(F)F)CC1. The lowest BCUT2D eigenvalue weighted by molar-refractivity contribution is -0.137. The zero-order chi connectivity index (χ0) is 17.7. The molecule has 0 atom stereocenters. The number of halogens is 3. The molecular weight excluding hydrogens is 319 g/mol. The van der Waals surface area contributed by atoms with E-state index in [9.17, 15) is 18.0 Å². The number of piperidine rings is 1. The maximum atomic E-state index is 12.9. The van der Waals surface area contributed by atoms with Crippen LogP contribution >= 0.6 is 0 Å². The van der Waals surface area contributed by atoms with E-state index in [2.05, 4.69) is 12.2 Å². The zero-order valence-corrected chi connectivity index (χ0v) is 13.2. The van der Waals surface area contributed by atoms with Gasteiger partial charge < -0.3 is 10.2 Å². The van der Waals surface area contributed by atoms with Crippen LogP contribution in [-0.2, 0) is 11.0 Å². The van der Waals surface area contributed by atoms with Gasteiger partial charge in [0.15, 0.2) is 0 Å². The van der Waals surface area contributed by atoms with Crippen molar-refractivity contribution in [3.63, 3.8) is 0 Å². The number of carbonyl (C=O) groups is 1. The molecule has 0 aliphatic carbocycles. The second-order valence-electron chi connectivity index (χ2n) is 5.83. The summed E-state index contributed by atoms with van der Waals surface area (Å²) in [5.74, 6) is 0.0711. The standard InChI is InChI=1S/C17H18F3N3O/c1-12-6-8-23(9-7-12)16(24)13(10-21)11-22-15-5-3-2-4-14(15)17(18,19)20/h2-5,11-12,22H,6-9H2,1H3/b13-11-. The molecule has 4 nitrogen and oxygen atoms in total. The van der Waals surface area contributed by atoms with E-state index in [0.29, 0.717) is 19.0 Å². The van der Waals surface area contributed by atoms with Crippen molar-refractivity contribution in [1.29, 1.82) is 5.26 Å². The van der Waals surface area contributed by atoms with E-state index in [1.54, 1.807) is 11.0 Å². The number of para-hydroxylation sites is 1. The summed E-state index contributed by atoms with van der Waals surface area (Å²) in [4.78, 5) is 13.9. The molecule has 1 N–H and O–H groups in total. The van der Waals surface area contributed by atoms with Gasteiger partial charge in [-0.05, 0) is 30.9 Å². The number of benzene rings is 1. The molecule has 0 radical (unpaired) electrons. The van der Waals surface area contributed by atoms with E-state index in [1.165, 1.54) is 18.2 Å². The summed E-state index contributed by atoms with van der Waals surface area (Å²) in [6, 6.07) is 6.69. The van der Waals surface area contributed by atoms with Crippen LogP contribution in [0, 0.1) is 17.2 Å². The molecule has 7 heteroatoms. The number of rotatable bonds is 3. The van der Waals surface area contributed by atoms with Gasteiger partial charge in [-0.25, -0.2) is 0 Å². The number of amides is 1. The van der Waals surface area contributed by atoms with Crippen LogP contribution in [0.1, 0.15) is 25.3 Å². The van der Waals surface area contributed by atoms with Crippen molar-refractivity contribution >= 4 is 11.6 Å². The monoisotopic (exact) mass is 337 g/mol. The van der Waals surface area contributed by atoms with Gasteiger partial charge in [0.05, 0.1) is 11.3 Å². The lowest BCUT2D eigenvalue weighted by Gasteiger charge is -2.30. The summed E-state index contributed by atoms with van der Waals surface area (Å²) < 4.78 is 38.8. The number of likely N-dealkylation sites (tertiary alicyclic amines) is 1. The number of nitrogens with zero attached hydrogens (tertiary/aromatic N) is 2. The summed E-state index contributed by atoms with van der Waals surface area (Å²) in [6.45, 7) is 3.20. The van der Waals surface area contributed by atoms with Crippen LogP contribution in [0.2, 0.25) is 0 Å². The van der Waals surface area contributed by atoms with Gasteiger partial charge in [0.1, 0.15) is 11.6 Å². The molecular formula is C17H18F3N3O. The Hall–Kier alpha value is -2.49. The van der Waals surface area contributed by atoms with Gasteiger partial charge in [0.25, 0.3) is 5.91 Å². The first-order valence-corrected chi connectivity index (χ1v) is 7.65. The predicted octanol–water partition coefficient (Wildman–Crippen LogP) is 3.78. The predicted molar refractivity (Wildman–Crippen MR) is 83.7 cm³/mol. The van der Waals surface area contributed by atoms with Gasteiger partial charge in [-0.2, -0.15) is 18.4 Å². The Morgan fingerprint density at radius 1 is 1.33 bits per heavy atom. The molecule has 1 fully saturated rings. The highest BCUT2D eigenvalue weighted by atomic mass is 19.4. The van der Waals surface area contributed by atoms with E-state index in [4.69, 9.17) is 5.26 Å². The van der Waals surface area contributed by atoms with Crippen LogP contribution in [0.4, 0.5) is 18.9 Å². The Morgan fingerprint density at radius 2 is 1.96 bits per heavy atom. The van der Waals surface area contributed by atoms with Crippen LogP contribution in [0.5, 0.6) is 0 Å². The number of carbonyl (C=O) groups excluding carboxylic acids is 1. The van der Waals surface area contributed by atoms with Gasteiger partial charge in [0.2, 0.25) is 0 Å². The lowest BCUT2D eigenvalue weighted by Crippen LogP contribution is -2.38. The average molecular weight is 337 g/mol. The van der Waals surface area contributed by atoms with Crippen LogP contribution < -0.4 is 5.32 Å². The number of alkyl halides is 3. The molecule has 1 amide bonds. The van der Waals surface area contributed by atoms with Gasteiger partial charge in [0, 0.05) is 19.3 Å². The maximum absolute atomic E-state index is 12.9. The van der Waals surface area contributed by atoms with Crippen molar-refractivity contribution in [2.24, 2.45) is 5.92 Å². The molecule has 24 heavy (non-hydrogen) atoms. The molecule has 1 heterocycles. The third kappa shape index (κ3) is 4.28. The maximum Gasteiger partial charge on any atom is 0.418 e. The van der Waals surface area contributed by atoms with Crippen LogP contribution in [0.3, 0.4) is 0 Å². The number of anilines is 1. The van der Waals surface area contributed by atoms with Crippen molar-refractivity contribution in [3.05, 3.63) is 41.6 Å². The Kier molecular flexibility index (Phi) is 5.50. The lowest BCUT2D eigenvalue weighted by atomic mass is 9.99. The molecule has 0 bridgehead atoms. The molecule has 0 aromatic heterocycles. The molecule has 1 aliphatic heterocycles. The molecule has 0 saturated carbocycles. The molecule has 1 aromatic carbocycles. The Morgan fingerprint density at radius 3 is 2.54 bits per heavy atom. The first-order chi connectivity index (χ1) is 11.3. The first kappa shape index (κ1) is 17.9. The second-order valence-corrected chi connectivity index (χ2v) is 5.83. The molecule has 1 saturated heterocycles. The molecule has 128 valence electrons. The number of nitrogens with one attached hydrogen (secondary N) is 1. The van der Waals surface area contributed by atoms with Crippen LogP contribution in [0.15, 0.2) is 36.0 Å². The molecule has 0 spiro atoms. The zero-order valence-electron chi connectivity index (χ0n) is 13.2. The quantitative estimate of drug-likeness (QED) is 0.674. The third-order valence-electron chi connectivity index (χ3n) is 4.03.